The van der Waals surface area contributed by atoms with E-state index in [0.717, 1.165) is 28.6 Å². The molecule has 0 saturated carbocycles. The molecule has 5 nitrogen and oxygen atoms in total. The molecule has 0 radical (unpaired) electrons. The van der Waals surface area contributed by atoms with E-state index in [4.69, 9.17) is 14.2 Å². The Bertz CT molecular complexity index is 853. The summed E-state index contributed by atoms with van der Waals surface area (Å²) in [6, 6.07) is 9.91. The zero-order valence-corrected chi connectivity index (χ0v) is 18.1. The summed E-state index contributed by atoms with van der Waals surface area (Å²) >= 11 is 3.54. The van der Waals surface area contributed by atoms with Crippen molar-refractivity contribution in [1.82, 2.24) is 5.32 Å². The summed E-state index contributed by atoms with van der Waals surface area (Å²) in [6.07, 6.45) is 3.54. The molecule has 2 aromatic rings. The maximum Gasteiger partial charge on any atom is 0.260 e. The average Bonchev–Trinajstić information content (AvgIpc) is 3.16. The van der Waals surface area contributed by atoms with Crippen LogP contribution in [0.2, 0.25) is 0 Å². The van der Waals surface area contributed by atoms with Crippen molar-refractivity contribution in [3.05, 3.63) is 51.5 Å². The number of carbonyl (C=O) groups is 1. The summed E-state index contributed by atoms with van der Waals surface area (Å²) in [4.78, 5) is 12.4. The Hall–Kier alpha value is -2.21. The second kappa shape index (κ2) is 9.32. The fourth-order valence-electron chi connectivity index (χ4n) is 3.43. The van der Waals surface area contributed by atoms with Crippen molar-refractivity contribution in [3.8, 4) is 17.2 Å². The maximum absolute atomic E-state index is 12.4. The van der Waals surface area contributed by atoms with Gasteiger partial charge < -0.3 is 19.5 Å². The van der Waals surface area contributed by atoms with Gasteiger partial charge in [-0.25, -0.2) is 0 Å². The van der Waals surface area contributed by atoms with Crippen LogP contribution >= 0.6 is 15.9 Å². The summed E-state index contributed by atoms with van der Waals surface area (Å²) in [7, 11) is 3.21. The number of halogens is 1. The van der Waals surface area contributed by atoms with Gasteiger partial charge in [-0.2, -0.15) is 0 Å². The zero-order valence-electron chi connectivity index (χ0n) is 16.5. The van der Waals surface area contributed by atoms with Crippen molar-refractivity contribution in [2.24, 2.45) is 0 Å². The predicted molar refractivity (Wildman–Crippen MR) is 113 cm³/mol. The lowest BCUT2D eigenvalue weighted by molar-refractivity contribution is -0.127. The Morgan fingerprint density at radius 1 is 1.11 bits per heavy atom. The third-order valence-electron chi connectivity index (χ3n) is 5.00. The van der Waals surface area contributed by atoms with Gasteiger partial charge >= 0.3 is 0 Å². The van der Waals surface area contributed by atoms with Crippen LogP contribution < -0.4 is 19.5 Å². The Balaban J connectivity index is 1.52. The highest BCUT2D eigenvalue weighted by Gasteiger charge is 2.17. The van der Waals surface area contributed by atoms with Crippen LogP contribution in [-0.4, -0.2) is 32.8 Å². The van der Waals surface area contributed by atoms with Crippen molar-refractivity contribution >= 4 is 21.8 Å². The lowest BCUT2D eigenvalue weighted by Crippen LogP contribution is -2.37. The molecule has 6 heteroatoms. The number of methoxy groups -OCH3 is 2. The first kappa shape index (κ1) is 20.5. The van der Waals surface area contributed by atoms with Crippen LogP contribution in [0.5, 0.6) is 17.2 Å². The lowest BCUT2D eigenvalue weighted by atomic mass is 10.1. The molecule has 0 saturated heterocycles. The molecule has 1 atom stereocenters. The third kappa shape index (κ3) is 4.79. The first-order valence-electron chi connectivity index (χ1n) is 9.48. The number of fused-ring (bicyclic) bond motifs is 1. The second-order valence-electron chi connectivity index (χ2n) is 6.88. The van der Waals surface area contributed by atoms with Gasteiger partial charge in [0.25, 0.3) is 5.91 Å². The van der Waals surface area contributed by atoms with Crippen LogP contribution in [0.15, 0.2) is 34.8 Å². The molecule has 150 valence electrons. The average molecular weight is 448 g/mol. The van der Waals surface area contributed by atoms with E-state index in [1.165, 1.54) is 17.5 Å². The molecule has 0 aliphatic heterocycles. The van der Waals surface area contributed by atoms with E-state index in [1.54, 1.807) is 21.1 Å². The molecule has 1 aliphatic carbocycles. The fraction of sp³-hybridized carbons (Fsp3) is 0.409. The second-order valence-corrected chi connectivity index (χ2v) is 7.74. The molecular formula is C22H26BrNO4. The number of hydrogen-bond acceptors (Lipinski definition) is 4. The predicted octanol–water partition coefficient (Wildman–Crippen LogP) is 4.08. The lowest BCUT2D eigenvalue weighted by Gasteiger charge is -2.16. The molecule has 1 unspecified atom stereocenters. The molecule has 0 spiro atoms. The number of benzene rings is 2. The number of hydrogen-bond donors (Lipinski definition) is 1. The Morgan fingerprint density at radius 2 is 1.82 bits per heavy atom. The summed E-state index contributed by atoms with van der Waals surface area (Å²) in [5, 5.41) is 2.94. The summed E-state index contributed by atoms with van der Waals surface area (Å²) < 4.78 is 17.4. The van der Waals surface area contributed by atoms with Gasteiger partial charge in [0.15, 0.2) is 17.6 Å². The molecule has 1 aliphatic rings. The number of amides is 1. The standard InChI is InChI=1S/C22H26BrNO4/c1-14(28-18-8-7-15-5-4-6-16(15)11-18)22(25)24-10-9-17-12-20(26-2)21(27-3)13-19(17)23/h7-8,11-14H,4-6,9-10H2,1-3H3,(H,24,25). The van der Waals surface area contributed by atoms with Gasteiger partial charge in [-0.1, -0.05) is 22.0 Å². The zero-order chi connectivity index (χ0) is 20.1. The summed E-state index contributed by atoms with van der Waals surface area (Å²) in [6.45, 7) is 2.28. The minimum atomic E-state index is -0.548. The normalized spacial score (nSPS) is 13.6. The number of carbonyl (C=O) groups excluding carboxylic acids is 1. The van der Waals surface area contributed by atoms with Gasteiger partial charge in [0.1, 0.15) is 5.75 Å². The van der Waals surface area contributed by atoms with Crippen molar-refractivity contribution in [1.29, 1.82) is 0 Å². The molecule has 28 heavy (non-hydrogen) atoms. The SMILES string of the molecule is COc1cc(Br)c(CCNC(=O)C(C)Oc2ccc3c(c2)CCC3)cc1OC. The fourth-order valence-corrected chi connectivity index (χ4v) is 3.95. The van der Waals surface area contributed by atoms with Crippen LogP contribution in [0.4, 0.5) is 0 Å². The van der Waals surface area contributed by atoms with E-state index in [9.17, 15) is 4.79 Å². The number of rotatable bonds is 8. The van der Waals surface area contributed by atoms with Gasteiger partial charge in [-0.3, -0.25) is 4.79 Å². The van der Waals surface area contributed by atoms with Gasteiger partial charge in [0.05, 0.1) is 14.2 Å². The van der Waals surface area contributed by atoms with Crippen LogP contribution in [0.1, 0.15) is 30.0 Å². The van der Waals surface area contributed by atoms with Crippen LogP contribution in [0.25, 0.3) is 0 Å². The highest BCUT2D eigenvalue weighted by atomic mass is 79.9. The minimum Gasteiger partial charge on any atom is -0.493 e. The maximum atomic E-state index is 12.4. The van der Waals surface area contributed by atoms with Crippen LogP contribution in [0, 0.1) is 0 Å². The molecule has 0 fully saturated rings. The van der Waals surface area contributed by atoms with E-state index < -0.39 is 6.10 Å². The third-order valence-corrected chi connectivity index (χ3v) is 5.74. The van der Waals surface area contributed by atoms with Gasteiger partial charge in [0, 0.05) is 11.0 Å². The van der Waals surface area contributed by atoms with Crippen molar-refractivity contribution in [3.63, 3.8) is 0 Å². The van der Waals surface area contributed by atoms with Crippen molar-refractivity contribution < 1.29 is 19.0 Å². The summed E-state index contributed by atoms with van der Waals surface area (Å²) in [5.41, 5.74) is 3.76. The Labute approximate surface area is 174 Å². The first-order chi connectivity index (χ1) is 13.5. The monoisotopic (exact) mass is 447 g/mol. The quantitative estimate of drug-likeness (QED) is 0.662. The molecule has 1 N–H and O–H groups in total. The van der Waals surface area contributed by atoms with Gasteiger partial charge in [-0.05, 0) is 73.6 Å². The minimum absolute atomic E-state index is 0.128. The number of aryl methyl sites for hydroxylation is 2. The molecule has 0 bridgehead atoms. The van der Waals surface area contributed by atoms with Gasteiger partial charge in [-0.15, -0.1) is 0 Å². The van der Waals surface area contributed by atoms with Crippen LogP contribution in [-0.2, 0) is 24.1 Å². The molecule has 2 aromatic carbocycles. The largest absolute Gasteiger partial charge is 0.493 e. The number of ether oxygens (including phenoxy) is 3. The van der Waals surface area contributed by atoms with Crippen molar-refractivity contribution in [2.75, 3.05) is 20.8 Å². The smallest absolute Gasteiger partial charge is 0.260 e. The van der Waals surface area contributed by atoms with E-state index in [0.29, 0.717) is 24.5 Å². The van der Waals surface area contributed by atoms with Crippen LogP contribution in [0.3, 0.4) is 0 Å². The first-order valence-corrected chi connectivity index (χ1v) is 10.3. The topological polar surface area (TPSA) is 56.8 Å². The number of nitrogens with one attached hydrogen (secondary N) is 1. The highest BCUT2D eigenvalue weighted by Crippen LogP contribution is 2.33. The van der Waals surface area contributed by atoms with E-state index in [1.807, 2.05) is 18.2 Å². The molecular weight excluding hydrogens is 422 g/mol. The summed E-state index contributed by atoms with van der Waals surface area (Å²) in [5.74, 6) is 1.96. The molecule has 0 heterocycles. The molecule has 1 amide bonds. The van der Waals surface area contributed by atoms with E-state index in [-0.39, 0.29) is 5.91 Å². The molecule has 3 rings (SSSR count). The van der Waals surface area contributed by atoms with E-state index >= 15 is 0 Å². The Kier molecular flexibility index (Phi) is 6.83. The Morgan fingerprint density at radius 3 is 2.57 bits per heavy atom. The van der Waals surface area contributed by atoms with Crippen molar-refractivity contribution in [2.45, 2.75) is 38.7 Å². The highest BCUT2D eigenvalue weighted by molar-refractivity contribution is 9.10. The van der Waals surface area contributed by atoms with E-state index in [2.05, 4.69) is 33.4 Å². The molecule has 0 aromatic heterocycles. The van der Waals surface area contributed by atoms with Gasteiger partial charge in [0.2, 0.25) is 0 Å².